The number of aryl methyl sites for hydroxylation is 1. The van der Waals surface area contributed by atoms with Crippen LogP contribution in [-0.2, 0) is 32.5 Å². The SMILES string of the molecule is Cc1cc2c3c(c1)N(c1cccc4c1-c1ccccc1C4(C)C)c1cc(N4c5ccc(C(C)(C)C)cc5C5(C)CCCCC45C)ccc1B3c1cc3c(cc1N2c1ccc(C(C)(C)C)cc1-c1ccccc1)C(C)(C)CCC3(C)C. The molecule has 3 nitrogen and oxygen atoms in total. The lowest BCUT2D eigenvalue weighted by Gasteiger charge is -2.51. The molecule has 0 radical (unpaired) electrons. The molecule has 0 spiro atoms. The predicted octanol–water partition coefficient (Wildman–Crippen LogP) is 18.7. The van der Waals surface area contributed by atoms with Gasteiger partial charge in [-0.2, -0.15) is 0 Å². The average molecular weight is 1050 g/mol. The van der Waals surface area contributed by atoms with E-state index >= 15 is 0 Å². The smallest absolute Gasteiger partial charge is 0.252 e. The standard InChI is InChI=1S/C76H82BN3/c1-47-40-66-69-67(41-47)79(63-29-23-28-55-68(63)52-26-19-20-27-54(52)74(55,12)13)64-44-51(80-62-35-31-50(71(5,6)7)43-58(62)75(14)36-21-22-37-76(75,80)15)32-33-59(64)77(69)60-45-56-57(73(10,11)39-38-72(56,8)9)46-65(60)78(66)61-34-30-49(70(2,3)4)42-53(61)48-24-17-16-18-25-48/h16-20,23-35,40-46H,21-22,36-39H2,1-15H3. The molecule has 404 valence electrons. The van der Waals surface area contributed by atoms with Crippen LogP contribution in [0.15, 0.2) is 152 Å². The first-order chi connectivity index (χ1) is 37.8. The molecule has 1 fully saturated rings. The normalized spacial score (nSPS) is 21.4. The molecule has 6 aliphatic rings. The van der Waals surface area contributed by atoms with Crippen LogP contribution in [0.3, 0.4) is 0 Å². The zero-order valence-electron chi connectivity index (χ0n) is 50.6. The topological polar surface area (TPSA) is 9.72 Å². The van der Waals surface area contributed by atoms with Crippen LogP contribution in [0.2, 0.25) is 0 Å². The van der Waals surface area contributed by atoms with Crippen molar-refractivity contribution in [3.05, 3.63) is 196 Å². The molecule has 80 heavy (non-hydrogen) atoms. The maximum absolute atomic E-state index is 2.82. The van der Waals surface area contributed by atoms with Crippen LogP contribution in [-0.4, -0.2) is 12.3 Å². The van der Waals surface area contributed by atoms with Crippen molar-refractivity contribution in [1.29, 1.82) is 0 Å². The first kappa shape index (κ1) is 51.4. The fourth-order valence-corrected chi connectivity index (χ4v) is 16.4. The summed E-state index contributed by atoms with van der Waals surface area (Å²) in [7, 11) is 0. The second-order valence-electron chi connectivity index (χ2n) is 29.6. The summed E-state index contributed by atoms with van der Waals surface area (Å²) in [4.78, 5) is 8.28. The summed E-state index contributed by atoms with van der Waals surface area (Å²) in [6, 6.07) is 60.7. The molecule has 0 saturated heterocycles. The number of anilines is 8. The Labute approximate surface area is 479 Å². The van der Waals surface area contributed by atoms with Crippen molar-refractivity contribution in [2.75, 3.05) is 14.7 Å². The summed E-state index contributed by atoms with van der Waals surface area (Å²) in [5, 5.41) is 0. The Morgan fingerprint density at radius 1 is 0.425 bits per heavy atom. The minimum atomic E-state index is -0.162. The molecule has 8 aromatic carbocycles. The zero-order chi connectivity index (χ0) is 56.0. The lowest BCUT2D eigenvalue weighted by Crippen LogP contribution is -2.62. The third kappa shape index (κ3) is 7.11. The Morgan fingerprint density at radius 2 is 1.02 bits per heavy atom. The summed E-state index contributed by atoms with van der Waals surface area (Å²) >= 11 is 0. The van der Waals surface area contributed by atoms with Crippen LogP contribution in [0.1, 0.15) is 180 Å². The van der Waals surface area contributed by atoms with Crippen LogP contribution in [0.4, 0.5) is 45.5 Å². The van der Waals surface area contributed by atoms with Crippen molar-refractivity contribution in [1.82, 2.24) is 0 Å². The highest BCUT2D eigenvalue weighted by atomic mass is 15.3. The minimum absolute atomic E-state index is 0.000715. The highest BCUT2D eigenvalue weighted by Gasteiger charge is 2.58. The van der Waals surface area contributed by atoms with E-state index in [2.05, 4.69) is 270 Å². The highest BCUT2D eigenvalue weighted by molar-refractivity contribution is 7.00. The second-order valence-corrected chi connectivity index (χ2v) is 29.6. The van der Waals surface area contributed by atoms with Gasteiger partial charge < -0.3 is 14.7 Å². The number of fused-ring (bicyclic) bond motifs is 11. The van der Waals surface area contributed by atoms with Gasteiger partial charge in [0.05, 0.1) is 16.9 Å². The minimum Gasteiger partial charge on any atom is -0.334 e. The first-order valence-corrected chi connectivity index (χ1v) is 30.3. The summed E-state index contributed by atoms with van der Waals surface area (Å²) < 4.78 is 0. The molecule has 8 aromatic rings. The highest BCUT2D eigenvalue weighted by Crippen LogP contribution is 2.63. The van der Waals surface area contributed by atoms with Crippen LogP contribution in [0.5, 0.6) is 0 Å². The molecule has 0 amide bonds. The van der Waals surface area contributed by atoms with E-state index < -0.39 is 0 Å². The first-order valence-electron chi connectivity index (χ1n) is 30.3. The van der Waals surface area contributed by atoms with Gasteiger partial charge in [0.2, 0.25) is 0 Å². The van der Waals surface area contributed by atoms with Crippen LogP contribution in [0, 0.1) is 6.92 Å². The van der Waals surface area contributed by atoms with E-state index in [0.717, 1.165) is 19.3 Å². The van der Waals surface area contributed by atoms with E-state index in [4.69, 9.17) is 0 Å². The van der Waals surface area contributed by atoms with Gasteiger partial charge in [0.15, 0.2) is 0 Å². The Bertz CT molecular complexity index is 3920. The maximum Gasteiger partial charge on any atom is 0.252 e. The lowest BCUT2D eigenvalue weighted by atomic mass is 9.33. The molecule has 3 aliphatic carbocycles. The van der Waals surface area contributed by atoms with E-state index in [9.17, 15) is 0 Å². The van der Waals surface area contributed by atoms with Crippen molar-refractivity contribution in [3.8, 4) is 22.3 Å². The Morgan fingerprint density at radius 3 is 1.73 bits per heavy atom. The molecule has 0 bridgehead atoms. The Kier molecular flexibility index (Phi) is 10.9. The zero-order valence-corrected chi connectivity index (χ0v) is 50.6. The van der Waals surface area contributed by atoms with E-state index in [1.807, 2.05) is 0 Å². The monoisotopic (exact) mass is 1050 g/mol. The van der Waals surface area contributed by atoms with Gasteiger partial charge in [-0.05, 0) is 188 Å². The molecule has 0 N–H and O–H groups in total. The molecule has 14 rings (SSSR count). The molecular formula is C76H82BN3. The molecule has 4 heteroatoms. The fourth-order valence-electron chi connectivity index (χ4n) is 16.4. The van der Waals surface area contributed by atoms with Crippen molar-refractivity contribution >= 4 is 68.6 Å². The Balaban J connectivity index is 1.10. The summed E-state index contributed by atoms with van der Waals surface area (Å²) in [6.45, 7) is 36.5. The number of hydrogen-bond donors (Lipinski definition) is 0. The van der Waals surface area contributed by atoms with E-state index in [1.165, 1.54) is 148 Å². The third-order valence-corrected chi connectivity index (χ3v) is 21.4. The third-order valence-electron chi connectivity index (χ3n) is 21.4. The lowest BCUT2D eigenvalue weighted by molar-refractivity contribution is 0.195. The molecule has 3 aliphatic heterocycles. The summed E-state index contributed by atoms with van der Waals surface area (Å²) in [5.41, 5.74) is 30.7. The number of nitrogens with zero attached hydrogens (tertiary/aromatic N) is 3. The molecule has 2 unspecified atom stereocenters. The largest absolute Gasteiger partial charge is 0.334 e. The van der Waals surface area contributed by atoms with Crippen molar-refractivity contribution in [2.24, 2.45) is 0 Å². The van der Waals surface area contributed by atoms with Gasteiger partial charge in [0.25, 0.3) is 6.71 Å². The van der Waals surface area contributed by atoms with Gasteiger partial charge in [-0.1, -0.05) is 200 Å². The van der Waals surface area contributed by atoms with Crippen LogP contribution in [0.25, 0.3) is 22.3 Å². The Hall–Kier alpha value is -6.78. The van der Waals surface area contributed by atoms with Crippen molar-refractivity contribution < 1.29 is 0 Å². The van der Waals surface area contributed by atoms with Crippen molar-refractivity contribution in [2.45, 2.75) is 180 Å². The number of benzene rings is 8. The van der Waals surface area contributed by atoms with Gasteiger partial charge in [0, 0.05) is 56.1 Å². The van der Waals surface area contributed by atoms with Gasteiger partial charge >= 0.3 is 0 Å². The van der Waals surface area contributed by atoms with E-state index in [-0.39, 0.29) is 44.7 Å². The van der Waals surface area contributed by atoms with E-state index in [0.29, 0.717) is 0 Å². The summed E-state index contributed by atoms with van der Waals surface area (Å²) in [5.74, 6) is 0. The average Bonchev–Trinajstić information content (AvgIpc) is 1.75. The molecule has 0 aromatic heterocycles. The number of rotatable bonds is 4. The van der Waals surface area contributed by atoms with Gasteiger partial charge in [-0.15, -0.1) is 0 Å². The number of hydrogen-bond acceptors (Lipinski definition) is 3. The van der Waals surface area contributed by atoms with Crippen LogP contribution >= 0.6 is 0 Å². The van der Waals surface area contributed by atoms with Gasteiger partial charge in [-0.25, -0.2) is 0 Å². The van der Waals surface area contributed by atoms with E-state index in [1.54, 1.807) is 0 Å². The van der Waals surface area contributed by atoms with Crippen molar-refractivity contribution in [3.63, 3.8) is 0 Å². The molecule has 1 saturated carbocycles. The molecule has 3 heterocycles. The second kappa shape index (κ2) is 16.9. The molecule has 2 atom stereocenters. The van der Waals surface area contributed by atoms with Crippen LogP contribution < -0.4 is 31.1 Å². The van der Waals surface area contributed by atoms with Gasteiger partial charge in [-0.3, -0.25) is 0 Å². The molecular weight excluding hydrogens is 966 g/mol. The van der Waals surface area contributed by atoms with Gasteiger partial charge in [0.1, 0.15) is 0 Å². The maximum atomic E-state index is 2.82. The quantitative estimate of drug-likeness (QED) is 0.163. The summed E-state index contributed by atoms with van der Waals surface area (Å²) in [6.07, 6.45) is 7.15. The predicted molar refractivity (Wildman–Crippen MR) is 344 cm³/mol. The fraction of sp³-hybridized carbons (Fsp3) is 0.368.